The Kier molecular flexibility index (Phi) is 11.1. The van der Waals surface area contributed by atoms with E-state index in [-0.39, 0.29) is 17.3 Å². The minimum Gasteiger partial charge on any atom is -0.316 e. The molecule has 0 saturated heterocycles. The van der Waals surface area contributed by atoms with Gasteiger partial charge in [-0.1, -0.05) is 24.3 Å². The van der Waals surface area contributed by atoms with Crippen molar-refractivity contribution in [3.8, 4) is 11.3 Å². The van der Waals surface area contributed by atoms with Gasteiger partial charge < -0.3 is 5.32 Å². The minimum absolute atomic E-state index is 0.155. The lowest BCUT2D eigenvalue weighted by molar-refractivity contribution is -0.142. The summed E-state index contributed by atoms with van der Waals surface area (Å²) in [5, 5.41) is 6.95. The molecule has 4 rings (SSSR count). The molecule has 0 aliphatic rings. The molecule has 4 aromatic rings. The summed E-state index contributed by atoms with van der Waals surface area (Å²) < 4.78 is 40.9. The van der Waals surface area contributed by atoms with E-state index in [1.54, 1.807) is 81.1 Å². The first-order valence-corrected chi connectivity index (χ1v) is 12.5. The number of likely N-dealkylation sites (N-methyl/N-ethyl adjacent to an activating group) is 1. The highest BCUT2D eigenvalue weighted by Crippen LogP contribution is 2.34. The van der Waals surface area contributed by atoms with E-state index >= 15 is 0 Å². The first kappa shape index (κ1) is 31.3. The quantitative estimate of drug-likeness (QED) is 0.163. The topological polar surface area (TPSA) is 105 Å². The summed E-state index contributed by atoms with van der Waals surface area (Å²) >= 11 is 0. The van der Waals surface area contributed by atoms with E-state index < -0.39 is 11.9 Å². The normalized spacial score (nSPS) is 11.5. The number of allylic oxidation sites excluding steroid dienone is 2. The summed E-state index contributed by atoms with van der Waals surface area (Å²) in [7, 11) is 3.38. The Morgan fingerprint density at radius 2 is 1.93 bits per heavy atom. The van der Waals surface area contributed by atoms with Crippen molar-refractivity contribution in [3.05, 3.63) is 114 Å². The highest BCUT2D eigenvalue weighted by atomic mass is 19.4. The maximum Gasteiger partial charge on any atom is 0.433 e. The van der Waals surface area contributed by atoms with Crippen LogP contribution in [0.25, 0.3) is 17.0 Å². The molecule has 1 aromatic carbocycles. The summed E-state index contributed by atoms with van der Waals surface area (Å²) in [6.07, 6.45) is 5.17. The number of benzene rings is 1. The molecule has 0 radical (unpaired) electrons. The molecule has 3 aromatic heterocycles. The summed E-state index contributed by atoms with van der Waals surface area (Å²) in [6, 6.07) is 16.2. The third-order valence-electron chi connectivity index (χ3n) is 5.60. The van der Waals surface area contributed by atoms with E-state index in [2.05, 4.69) is 32.1 Å². The van der Waals surface area contributed by atoms with E-state index in [1.165, 1.54) is 23.4 Å². The van der Waals surface area contributed by atoms with Crippen LogP contribution >= 0.6 is 0 Å². The lowest BCUT2D eigenvalue weighted by Crippen LogP contribution is -2.27. The molecular weight excluding hydrogens is 547 g/mol. The first-order chi connectivity index (χ1) is 20.2. The van der Waals surface area contributed by atoms with Crippen LogP contribution in [0.4, 0.5) is 19.0 Å². The molecule has 1 amide bonds. The van der Waals surface area contributed by atoms with E-state index in [9.17, 15) is 22.8 Å². The smallest absolute Gasteiger partial charge is 0.316 e. The lowest BCUT2D eigenvalue weighted by atomic mass is 10.1. The Bertz CT molecular complexity index is 1550. The van der Waals surface area contributed by atoms with Gasteiger partial charge in [0.05, 0.1) is 17.6 Å². The number of alkyl halides is 3. The second-order valence-corrected chi connectivity index (χ2v) is 8.56. The van der Waals surface area contributed by atoms with Crippen LogP contribution in [0, 0.1) is 0 Å². The zero-order chi connectivity index (χ0) is 30.5. The molecule has 0 bridgehead atoms. The molecule has 0 fully saturated rings. The molecule has 0 aliphatic carbocycles. The summed E-state index contributed by atoms with van der Waals surface area (Å²) in [5.41, 5.74) is 0.871. The number of aldehydes is 1. The van der Waals surface area contributed by atoms with Crippen LogP contribution in [0.1, 0.15) is 26.4 Å². The van der Waals surface area contributed by atoms with Crippen molar-refractivity contribution >= 4 is 30.4 Å². The van der Waals surface area contributed by atoms with Crippen molar-refractivity contribution in [2.24, 2.45) is 4.99 Å². The number of halogens is 3. The zero-order valence-corrected chi connectivity index (χ0v) is 22.9. The highest BCUT2D eigenvalue weighted by molar-refractivity contribution is 6.05. The van der Waals surface area contributed by atoms with Gasteiger partial charge in [-0.3, -0.25) is 24.5 Å². The Morgan fingerprint density at radius 1 is 1.12 bits per heavy atom. The monoisotopic (exact) mass is 575 g/mol. The minimum atomic E-state index is -4.56. The maximum absolute atomic E-state index is 13.4. The molecule has 12 heteroatoms. The Morgan fingerprint density at radius 3 is 2.55 bits per heavy atom. The van der Waals surface area contributed by atoms with Crippen molar-refractivity contribution in [1.82, 2.24) is 25.1 Å². The van der Waals surface area contributed by atoms with Gasteiger partial charge >= 0.3 is 6.18 Å². The second-order valence-electron chi connectivity index (χ2n) is 8.56. The number of hydrogen-bond donors (Lipinski definition) is 1. The van der Waals surface area contributed by atoms with Gasteiger partial charge in [0.2, 0.25) is 0 Å². The van der Waals surface area contributed by atoms with E-state index in [4.69, 9.17) is 0 Å². The number of nitrogens with one attached hydrogen (secondary N) is 1. The van der Waals surface area contributed by atoms with Crippen LogP contribution < -0.4 is 10.2 Å². The Labute approximate surface area is 240 Å². The van der Waals surface area contributed by atoms with Crippen LogP contribution in [0.2, 0.25) is 0 Å². The number of amides is 1. The number of hydrogen-bond acceptors (Lipinski definition) is 7. The molecule has 0 aliphatic heterocycles. The maximum atomic E-state index is 13.4. The number of pyridine rings is 2. The average Bonchev–Trinajstić information content (AvgIpc) is 3.48. The van der Waals surface area contributed by atoms with Gasteiger partial charge in [-0.15, -0.1) is 0 Å². The van der Waals surface area contributed by atoms with Crippen molar-refractivity contribution < 1.29 is 22.8 Å². The number of aromatic nitrogens is 4. The molecule has 0 unspecified atom stereocenters. The van der Waals surface area contributed by atoms with Gasteiger partial charge in [-0.25, -0.2) is 9.67 Å². The van der Waals surface area contributed by atoms with Gasteiger partial charge in [-0.05, 0) is 62.3 Å². The molecular formula is C30H28F3N7O2. The fraction of sp³-hybridized carbons (Fsp3) is 0.133. The summed E-state index contributed by atoms with van der Waals surface area (Å²) in [5.74, 6) is 0.372. The number of anilines is 1. The zero-order valence-electron chi connectivity index (χ0n) is 22.9. The molecule has 0 spiro atoms. The van der Waals surface area contributed by atoms with Gasteiger partial charge in [0.15, 0.2) is 0 Å². The SMILES string of the molecule is C=N/C=C(\C=C/CNC)n1nc(-c2cccnc2)cc1C(F)(F)F.CN(C(=O)c1cccc(C=O)c1)c1ccccn1. The fourth-order valence-corrected chi connectivity index (χ4v) is 3.59. The molecule has 9 nitrogen and oxygen atoms in total. The van der Waals surface area contributed by atoms with Gasteiger partial charge in [-0.2, -0.15) is 18.3 Å². The predicted octanol–water partition coefficient (Wildman–Crippen LogP) is 5.41. The Hall–Kier alpha value is -5.23. The second kappa shape index (κ2) is 15.0. The Balaban J connectivity index is 0.000000240. The van der Waals surface area contributed by atoms with Crippen molar-refractivity contribution in [3.63, 3.8) is 0 Å². The van der Waals surface area contributed by atoms with Gasteiger partial charge in [0.1, 0.15) is 17.8 Å². The van der Waals surface area contributed by atoms with Crippen molar-refractivity contribution in [1.29, 1.82) is 0 Å². The van der Waals surface area contributed by atoms with Crippen molar-refractivity contribution in [2.75, 3.05) is 25.5 Å². The van der Waals surface area contributed by atoms with Crippen LogP contribution in [-0.2, 0) is 6.18 Å². The number of nitrogens with zero attached hydrogens (tertiary/aromatic N) is 6. The van der Waals surface area contributed by atoms with E-state index in [0.717, 1.165) is 17.0 Å². The number of aliphatic imine (C=N–C) groups is 1. The van der Waals surface area contributed by atoms with Crippen LogP contribution in [0.15, 0.2) is 103 Å². The molecule has 42 heavy (non-hydrogen) atoms. The summed E-state index contributed by atoms with van der Waals surface area (Å²) in [6.45, 7) is 3.80. The molecule has 216 valence electrons. The molecule has 0 atom stereocenters. The van der Waals surface area contributed by atoms with Crippen molar-refractivity contribution in [2.45, 2.75) is 6.18 Å². The van der Waals surface area contributed by atoms with Gasteiger partial charge in [0, 0.05) is 48.9 Å². The number of carbonyl (C=O) groups is 2. The standard InChI is InChI=1S/C16H16F3N5.C14H12N2O2/c1-20-7-4-6-13(11-21-2)24-15(16(17,18)19)9-14(23-24)12-5-3-8-22-10-12;1-16(13-7-2-3-8-15-13)14(18)12-6-4-5-11(9-12)10-17/h3-6,8-11,20H,2,7H2,1H3;2-10H,1H3/b6-4-,13-11+;. The molecule has 0 saturated carbocycles. The van der Waals surface area contributed by atoms with E-state index in [0.29, 0.717) is 29.1 Å². The highest BCUT2D eigenvalue weighted by Gasteiger charge is 2.36. The number of carbonyl (C=O) groups excluding carboxylic acids is 2. The summed E-state index contributed by atoms with van der Waals surface area (Å²) in [4.78, 5) is 35.9. The predicted molar refractivity (Wildman–Crippen MR) is 156 cm³/mol. The van der Waals surface area contributed by atoms with Crippen LogP contribution in [0.3, 0.4) is 0 Å². The van der Waals surface area contributed by atoms with E-state index in [1.807, 2.05) is 6.07 Å². The third-order valence-corrected chi connectivity index (χ3v) is 5.60. The molecule has 1 N–H and O–H groups in total. The lowest BCUT2D eigenvalue weighted by Gasteiger charge is -2.16. The largest absolute Gasteiger partial charge is 0.433 e. The van der Waals surface area contributed by atoms with Crippen LogP contribution in [-0.4, -0.2) is 59.3 Å². The van der Waals surface area contributed by atoms with Gasteiger partial charge in [0.25, 0.3) is 5.91 Å². The first-order valence-electron chi connectivity index (χ1n) is 12.5. The average molecular weight is 576 g/mol. The number of rotatable bonds is 9. The molecule has 3 heterocycles. The fourth-order valence-electron chi connectivity index (χ4n) is 3.59. The van der Waals surface area contributed by atoms with Crippen LogP contribution in [0.5, 0.6) is 0 Å². The third kappa shape index (κ3) is 8.38.